The molecule has 8 heteroatoms. The third-order valence-electron chi connectivity index (χ3n) is 4.91. The summed E-state index contributed by atoms with van der Waals surface area (Å²) in [5.41, 5.74) is -0.762. The van der Waals surface area contributed by atoms with E-state index in [0.29, 0.717) is 12.8 Å². The van der Waals surface area contributed by atoms with Crippen LogP contribution in [0.4, 0.5) is 9.59 Å². The lowest BCUT2D eigenvalue weighted by molar-refractivity contribution is -0.218. The average Bonchev–Trinajstić information content (AvgIpc) is 2.59. The fourth-order valence-electron chi connectivity index (χ4n) is 3.76. The molecule has 3 aliphatic rings. The van der Waals surface area contributed by atoms with E-state index in [9.17, 15) is 14.4 Å². The van der Waals surface area contributed by atoms with Gasteiger partial charge in [-0.05, 0) is 18.9 Å². The molecule has 2 fully saturated rings. The Bertz CT molecular complexity index is 554. The minimum atomic E-state index is -1.18. The number of carbonyl (C=O) groups excluding carboxylic acids is 3. The fourth-order valence-corrected chi connectivity index (χ4v) is 3.76. The highest BCUT2D eigenvalue weighted by Gasteiger charge is 2.59. The van der Waals surface area contributed by atoms with E-state index in [1.54, 1.807) is 6.08 Å². The topological polar surface area (TPSA) is 85.4 Å². The SMILES string of the molecule is COC(=O)N1C=CC2N(C(=O)OC)C1OC(=O)C21CCCCC1. The van der Waals surface area contributed by atoms with Gasteiger partial charge < -0.3 is 14.2 Å². The molecule has 2 unspecified atom stereocenters. The van der Waals surface area contributed by atoms with E-state index in [1.165, 1.54) is 25.3 Å². The van der Waals surface area contributed by atoms with Crippen molar-refractivity contribution >= 4 is 18.2 Å². The summed E-state index contributed by atoms with van der Waals surface area (Å²) in [6, 6.07) is -0.484. The number of hydrogen-bond donors (Lipinski definition) is 0. The molecule has 0 aromatic rings. The molecule has 126 valence electrons. The van der Waals surface area contributed by atoms with Crippen molar-refractivity contribution in [1.82, 2.24) is 9.80 Å². The third kappa shape index (κ3) is 2.24. The summed E-state index contributed by atoms with van der Waals surface area (Å²) in [5.74, 6) is -0.370. The molecule has 8 nitrogen and oxygen atoms in total. The Morgan fingerprint density at radius 2 is 1.83 bits per heavy atom. The number of fused-ring (bicyclic) bond motifs is 3. The highest BCUT2D eigenvalue weighted by Crippen LogP contribution is 2.48. The van der Waals surface area contributed by atoms with Crippen molar-refractivity contribution in [3.63, 3.8) is 0 Å². The monoisotopic (exact) mass is 324 g/mol. The molecule has 1 saturated heterocycles. The zero-order valence-corrected chi connectivity index (χ0v) is 13.2. The predicted molar refractivity (Wildman–Crippen MR) is 76.8 cm³/mol. The summed E-state index contributed by atoms with van der Waals surface area (Å²) < 4.78 is 15.0. The predicted octanol–water partition coefficient (Wildman–Crippen LogP) is 1.81. The minimum Gasteiger partial charge on any atom is -0.453 e. The van der Waals surface area contributed by atoms with Gasteiger partial charge in [0.2, 0.25) is 0 Å². The van der Waals surface area contributed by atoms with Crippen molar-refractivity contribution < 1.29 is 28.6 Å². The van der Waals surface area contributed by atoms with Crippen LogP contribution in [-0.4, -0.2) is 54.6 Å². The molecule has 0 radical (unpaired) electrons. The first-order chi connectivity index (χ1) is 11.0. The zero-order chi connectivity index (χ0) is 16.6. The van der Waals surface area contributed by atoms with Crippen molar-refractivity contribution in [2.24, 2.45) is 5.41 Å². The van der Waals surface area contributed by atoms with Gasteiger partial charge in [0.05, 0.1) is 25.7 Å². The largest absolute Gasteiger partial charge is 0.453 e. The Morgan fingerprint density at radius 3 is 2.43 bits per heavy atom. The summed E-state index contributed by atoms with van der Waals surface area (Å²) in [7, 11) is 2.48. The molecule has 3 rings (SSSR count). The Balaban J connectivity index is 2.04. The molecule has 0 aromatic carbocycles. The first-order valence-electron chi connectivity index (χ1n) is 7.67. The molecule has 23 heavy (non-hydrogen) atoms. The molecule has 0 N–H and O–H groups in total. The lowest BCUT2D eigenvalue weighted by atomic mass is 9.67. The molecule has 2 atom stereocenters. The normalized spacial score (nSPS) is 28.3. The second-order valence-corrected chi connectivity index (χ2v) is 5.99. The van der Waals surface area contributed by atoms with Gasteiger partial charge in [0, 0.05) is 6.20 Å². The summed E-state index contributed by atoms with van der Waals surface area (Å²) in [6.07, 6.45) is 4.84. The second kappa shape index (κ2) is 5.75. The van der Waals surface area contributed by atoms with Gasteiger partial charge in [0.15, 0.2) is 0 Å². The first kappa shape index (κ1) is 15.6. The van der Waals surface area contributed by atoms with Crippen molar-refractivity contribution in [2.75, 3.05) is 14.2 Å². The van der Waals surface area contributed by atoms with Crippen LogP contribution in [0.25, 0.3) is 0 Å². The van der Waals surface area contributed by atoms with E-state index in [1.807, 2.05) is 0 Å². The van der Waals surface area contributed by atoms with Gasteiger partial charge in [0.25, 0.3) is 6.35 Å². The van der Waals surface area contributed by atoms with E-state index >= 15 is 0 Å². The van der Waals surface area contributed by atoms with Crippen LogP contribution in [0, 0.1) is 5.41 Å². The maximum absolute atomic E-state index is 12.7. The molecular weight excluding hydrogens is 304 g/mol. The lowest BCUT2D eigenvalue weighted by Crippen LogP contribution is -2.69. The molecular formula is C15H20N2O6. The van der Waals surface area contributed by atoms with E-state index in [2.05, 4.69) is 4.74 Å². The summed E-state index contributed by atoms with van der Waals surface area (Å²) in [6.45, 7) is 0. The molecule has 1 spiro atoms. The number of esters is 1. The van der Waals surface area contributed by atoms with E-state index in [0.717, 1.165) is 24.2 Å². The van der Waals surface area contributed by atoms with E-state index in [4.69, 9.17) is 9.47 Å². The Labute approximate surface area is 133 Å². The van der Waals surface area contributed by atoms with Crippen LogP contribution in [0.3, 0.4) is 0 Å². The summed E-state index contributed by atoms with van der Waals surface area (Å²) in [4.78, 5) is 39.2. The van der Waals surface area contributed by atoms with Crippen LogP contribution >= 0.6 is 0 Å². The number of ether oxygens (including phenoxy) is 3. The van der Waals surface area contributed by atoms with Crippen LogP contribution in [0.1, 0.15) is 32.1 Å². The van der Waals surface area contributed by atoms with Crippen LogP contribution in [0.15, 0.2) is 12.3 Å². The van der Waals surface area contributed by atoms with Crippen LogP contribution in [-0.2, 0) is 19.0 Å². The van der Waals surface area contributed by atoms with E-state index < -0.39 is 30.0 Å². The van der Waals surface area contributed by atoms with E-state index in [-0.39, 0.29) is 5.97 Å². The fraction of sp³-hybridized carbons (Fsp3) is 0.667. The molecule has 2 amide bonds. The average molecular weight is 324 g/mol. The standard InChI is InChI=1S/C15H20N2O6/c1-21-13(19)16-9-6-10-15(7-4-3-5-8-15)11(18)23-12(16)17(10)14(20)22-2/h6,9-10,12H,3-5,7-8H2,1-2H3. The van der Waals surface area contributed by atoms with Crippen molar-refractivity contribution in [3.8, 4) is 0 Å². The molecule has 2 heterocycles. The van der Waals surface area contributed by atoms with Gasteiger partial charge in [-0.2, -0.15) is 0 Å². The smallest absolute Gasteiger partial charge is 0.418 e. The molecule has 2 aliphatic heterocycles. The number of nitrogens with zero attached hydrogens (tertiary/aromatic N) is 2. The highest BCUT2D eigenvalue weighted by atomic mass is 16.6. The number of hydrogen-bond acceptors (Lipinski definition) is 6. The maximum Gasteiger partial charge on any atom is 0.418 e. The van der Waals surface area contributed by atoms with Gasteiger partial charge in [0.1, 0.15) is 0 Å². The highest BCUT2D eigenvalue weighted by molar-refractivity contribution is 5.83. The van der Waals surface area contributed by atoms with Gasteiger partial charge in [-0.3, -0.25) is 4.79 Å². The summed E-state index contributed by atoms with van der Waals surface area (Å²) >= 11 is 0. The first-order valence-corrected chi connectivity index (χ1v) is 7.67. The molecule has 0 aromatic heterocycles. The molecule has 1 saturated carbocycles. The Kier molecular flexibility index (Phi) is 3.91. The minimum absolute atomic E-state index is 0.370. The Hall–Kier alpha value is -2.25. The molecule has 2 bridgehead atoms. The van der Waals surface area contributed by atoms with Gasteiger partial charge >= 0.3 is 18.2 Å². The van der Waals surface area contributed by atoms with Crippen molar-refractivity contribution in [3.05, 3.63) is 12.3 Å². The van der Waals surface area contributed by atoms with Gasteiger partial charge in [-0.15, -0.1) is 0 Å². The molecule has 1 aliphatic carbocycles. The van der Waals surface area contributed by atoms with Crippen LogP contribution in [0.5, 0.6) is 0 Å². The van der Waals surface area contributed by atoms with Crippen molar-refractivity contribution in [1.29, 1.82) is 0 Å². The van der Waals surface area contributed by atoms with Gasteiger partial charge in [-0.1, -0.05) is 19.3 Å². The number of amides is 2. The zero-order valence-electron chi connectivity index (χ0n) is 13.2. The van der Waals surface area contributed by atoms with Crippen LogP contribution in [0.2, 0.25) is 0 Å². The van der Waals surface area contributed by atoms with Crippen molar-refractivity contribution in [2.45, 2.75) is 44.5 Å². The number of carbonyl (C=O) groups is 3. The summed E-state index contributed by atoms with van der Waals surface area (Å²) in [5, 5.41) is 0. The van der Waals surface area contributed by atoms with Crippen LogP contribution < -0.4 is 0 Å². The second-order valence-electron chi connectivity index (χ2n) is 5.99. The third-order valence-corrected chi connectivity index (χ3v) is 4.91. The number of rotatable bonds is 0. The maximum atomic E-state index is 12.7. The quantitative estimate of drug-likeness (QED) is 0.499. The lowest BCUT2D eigenvalue weighted by Gasteiger charge is -2.54. The van der Waals surface area contributed by atoms with Gasteiger partial charge in [-0.25, -0.2) is 19.4 Å². The Morgan fingerprint density at radius 1 is 1.17 bits per heavy atom. The number of methoxy groups -OCH3 is 2.